The molecule has 0 unspecified atom stereocenters. The van der Waals surface area contributed by atoms with Crippen molar-refractivity contribution in [3.63, 3.8) is 0 Å². The second-order valence-electron chi connectivity index (χ2n) is 5.94. The molecule has 0 saturated heterocycles. The number of Topliss-reactive ketones (excluding diaryl/α,β-unsaturated/α-hetero) is 1. The lowest BCUT2D eigenvalue weighted by Gasteiger charge is -2.24. The molecule has 0 aliphatic heterocycles. The molecule has 4 nitrogen and oxygen atoms in total. The molecule has 1 aromatic rings. The third-order valence-corrected chi connectivity index (χ3v) is 3.47. The first-order chi connectivity index (χ1) is 11.3. The highest BCUT2D eigenvalue weighted by Gasteiger charge is 2.23. The van der Waals surface area contributed by atoms with Crippen LogP contribution in [0.5, 0.6) is 0 Å². The monoisotopic (exact) mass is 328 g/mol. The maximum atomic E-state index is 12.3. The Morgan fingerprint density at radius 3 is 2.25 bits per heavy atom. The molecule has 0 aliphatic rings. The molecule has 0 atom stereocenters. The van der Waals surface area contributed by atoms with Gasteiger partial charge in [-0.05, 0) is 38.8 Å². The number of aliphatic hydroxyl groups excluding tert-OH is 1. The number of allylic oxidation sites excluding steroid dienone is 4. The summed E-state index contributed by atoms with van der Waals surface area (Å²) in [6.45, 7) is 10.8. The first-order valence-corrected chi connectivity index (χ1v) is 7.78. The van der Waals surface area contributed by atoms with E-state index in [1.807, 2.05) is 0 Å². The van der Waals surface area contributed by atoms with Gasteiger partial charge in [-0.3, -0.25) is 4.79 Å². The molecule has 1 rings (SSSR count). The number of benzene rings is 1. The minimum absolute atomic E-state index is 0.0572. The lowest BCUT2D eigenvalue weighted by Crippen LogP contribution is -2.28. The molecule has 1 aromatic carbocycles. The van der Waals surface area contributed by atoms with E-state index in [2.05, 4.69) is 13.2 Å². The van der Waals surface area contributed by atoms with Gasteiger partial charge in [0.2, 0.25) is 0 Å². The molecule has 0 fully saturated rings. The van der Waals surface area contributed by atoms with E-state index in [1.165, 1.54) is 12.2 Å². The molecular weight excluding hydrogens is 304 g/mol. The maximum absolute atomic E-state index is 12.3. The average molecular weight is 328 g/mol. The van der Waals surface area contributed by atoms with Crippen LogP contribution in [0.25, 0.3) is 0 Å². The number of rotatable bonds is 9. The van der Waals surface area contributed by atoms with Crippen LogP contribution in [0, 0.1) is 0 Å². The SMILES string of the molecule is C=C/C=C(\C=C)C(=O)c1ccc(C(=O)OC(C)(C)CCCO)cc1. The van der Waals surface area contributed by atoms with Gasteiger partial charge in [-0.1, -0.05) is 43.5 Å². The smallest absolute Gasteiger partial charge is 0.338 e. The van der Waals surface area contributed by atoms with Crippen molar-refractivity contribution in [3.8, 4) is 0 Å². The van der Waals surface area contributed by atoms with Crippen LogP contribution >= 0.6 is 0 Å². The van der Waals surface area contributed by atoms with Gasteiger partial charge >= 0.3 is 5.97 Å². The van der Waals surface area contributed by atoms with E-state index >= 15 is 0 Å². The number of hydrogen-bond donors (Lipinski definition) is 1. The van der Waals surface area contributed by atoms with Crippen molar-refractivity contribution >= 4 is 11.8 Å². The van der Waals surface area contributed by atoms with Gasteiger partial charge in [-0.2, -0.15) is 0 Å². The van der Waals surface area contributed by atoms with Crippen LogP contribution in [0.1, 0.15) is 47.4 Å². The second kappa shape index (κ2) is 8.99. The molecule has 24 heavy (non-hydrogen) atoms. The van der Waals surface area contributed by atoms with Crippen LogP contribution in [0.15, 0.2) is 61.2 Å². The molecular formula is C20H24O4. The third kappa shape index (κ3) is 5.63. The standard InChI is InChI=1S/C20H24O4/c1-5-8-15(6-2)18(22)16-9-11-17(12-10-16)19(23)24-20(3,4)13-7-14-21/h5-6,8-12,21H,1-2,7,13-14H2,3-4H3/b15-8+. The fraction of sp³-hybridized carbons (Fsp3) is 0.300. The van der Waals surface area contributed by atoms with E-state index in [0.717, 1.165) is 0 Å². The molecule has 0 bridgehead atoms. The highest BCUT2D eigenvalue weighted by Crippen LogP contribution is 2.19. The fourth-order valence-corrected chi connectivity index (χ4v) is 2.15. The zero-order valence-corrected chi connectivity index (χ0v) is 14.2. The van der Waals surface area contributed by atoms with Crippen molar-refractivity contribution in [3.05, 3.63) is 72.4 Å². The molecule has 4 heteroatoms. The fourth-order valence-electron chi connectivity index (χ4n) is 2.15. The molecule has 128 valence electrons. The van der Waals surface area contributed by atoms with Gasteiger partial charge in [-0.15, -0.1) is 0 Å². The molecule has 0 spiro atoms. The Balaban J connectivity index is 2.85. The van der Waals surface area contributed by atoms with Crippen molar-refractivity contribution in [2.24, 2.45) is 0 Å². The molecule has 1 N–H and O–H groups in total. The van der Waals surface area contributed by atoms with E-state index in [4.69, 9.17) is 9.84 Å². The summed E-state index contributed by atoms with van der Waals surface area (Å²) in [5.74, 6) is -0.643. The Bertz CT molecular complexity index is 636. The summed E-state index contributed by atoms with van der Waals surface area (Å²) in [5.41, 5.74) is 0.609. The van der Waals surface area contributed by atoms with Gasteiger partial charge in [-0.25, -0.2) is 4.79 Å². The normalized spacial score (nSPS) is 11.7. The van der Waals surface area contributed by atoms with E-state index < -0.39 is 11.6 Å². The van der Waals surface area contributed by atoms with Crippen LogP contribution in [-0.2, 0) is 4.74 Å². The van der Waals surface area contributed by atoms with Crippen molar-refractivity contribution in [2.45, 2.75) is 32.3 Å². The van der Waals surface area contributed by atoms with Gasteiger partial charge in [0, 0.05) is 17.7 Å². The predicted octanol–water partition coefficient (Wildman–Crippen LogP) is 3.88. The van der Waals surface area contributed by atoms with Crippen molar-refractivity contribution < 1.29 is 19.4 Å². The minimum Gasteiger partial charge on any atom is -0.456 e. The minimum atomic E-state index is -0.656. The van der Waals surface area contributed by atoms with E-state index in [-0.39, 0.29) is 12.4 Å². The first kappa shape index (κ1) is 19.6. The zero-order valence-electron chi connectivity index (χ0n) is 14.2. The number of ether oxygens (including phenoxy) is 1. The molecule has 0 radical (unpaired) electrons. The molecule has 0 aromatic heterocycles. The lowest BCUT2D eigenvalue weighted by atomic mass is 10.0. The lowest BCUT2D eigenvalue weighted by molar-refractivity contribution is -0.00695. The highest BCUT2D eigenvalue weighted by atomic mass is 16.6. The third-order valence-electron chi connectivity index (χ3n) is 3.47. The van der Waals surface area contributed by atoms with Crippen molar-refractivity contribution in [1.29, 1.82) is 0 Å². The Hall–Kier alpha value is -2.46. The molecule has 0 aliphatic carbocycles. The summed E-state index contributed by atoms with van der Waals surface area (Å²) in [4.78, 5) is 24.5. The number of carbonyl (C=O) groups excluding carboxylic acids is 2. The number of esters is 1. The summed E-state index contributed by atoms with van der Waals surface area (Å²) in [7, 11) is 0. The Morgan fingerprint density at radius 1 is 1.17 bits per heavy atom. The summed E-state index contributed by atoms with van der Waals surface area (Å²) in [6, 6.07) is 6.29. The maximum Gasteiger partial charge on any atom is 0.338 e. The van der Waals surface area contributed by atoms with Gasteiger partial charge in [0.15, 0.2) is 5.78 Å². The van der Waals surface area contributed by atoms with Gasteiger partial charge in [0.25, 0.3) is 0 Å². The number of hydrogen-bond acceptors (Lipinski definition) is 4. The van der Waals surface area contributed by atoms with E-state index in [1.54, 1.807) is 44.2 Å². The number of carbonyl (C=O) groups is 2. The summed E-state index contributed by atoms with van der Waals surface area (Å²) in [5, 5.41) is 8.88. The van der Waals surface area contributed by atoms with Crippen LogP contribution in [0.3, 0.4) is 0 Å². The van der Waals surface area contributed by atoms with Gasteiger partial charge in [0.1, 0.15) is 5.60 Å². The van der Waals surface area contributed by atoms with Crippen molar-refractivity contribution in [2.75, 3.05) is 6.61 Å². The summed E-state index contributed by atoms with van der Waals surface area (Å²) in [6.07, 6.45) is 5.71. The second-order valence-corrected chi connectivity index (χ2v) is 5.94. The average Bonchev–Trinajstić information content (AvgIpc) is 2.57. The van der Waals surface area contributed by atoms with Gasteiger partial charge in [0.05, 0.1) is 5.56 Å². The predicted molar refractivity (Wildman–Crippen MR) is 95.1 cm³/mol. The summed E-state index contributed by atoms with van der Waals surface area (Å²) < 4.78 is 5.46. The Labute approximate surface area is 143 Å². The first-order valence-electron chi connectivity index (χ1n) is 7.78. The van der Waals surface area contributed by atoms with Crippen LogP contribution in [-0.4, -0.2) is 29.1 Å². The Kier molecular flexibility index (Phi) is 7.33. The summed E-state index contributed by atoms with van der Waals surface area (Å²) >= 11 is 0. The van der Waals surface area contributed by atoms with Crippen LogP contribution in [0.2, 0.25) is 0 Å². The quantitative estimate of drug-likeness (QED) is 0.323. The topological polar surface area (TPSA) is 63.6 Å². The Morgan fingerprint density at radius 2 is 1.75 bits per heavy atom. The molecule has 0 heterocycles. The van der Waals surface area contributed by atoms with E-state index in [9.17, 15) is 9.59 Å². The van der Waals surface area contributed by atoms with E-state index in [0.29, 0.717) is 29.5 Å². The highest BCUT2D eigenvalue weighted by molar-refractivity contribution is 6.10. The number of aliphatic hydroxyl groups is 1. The van der Waals surface area contributed by atoms with Crippen LogP contribution < -0.4 is 0 Å². The largest absolute Gasteiger partial charge is 0.456 e. The van der Waals surface area contributed by atoms with Crippen molar-refractivity contribution in [1.82, 2.24) is 0 Å². The van der Waals surface area contributed by atoms with Crippen LogP contribution in [0.4, 0.5) is 0 Å². The zero-order chi connectivity index (χ0) is 18.2. The number of ketones is 1. The molecule has 0 saturated carbocycles. The van der Waals surface area contributed by atoms with Gasteiger partial charge < -0.3 is 9.84 Å². The molecule has 0 amide bonds.